The minimum atomic E-state index is -4.57. The predicted molar refractivity (Wildman–Crippen MR) is 159 cm³/mol. The van der Waals surface area contributed by atoms with E-state index in [1.165, 1.54) is 6.42 Å². The van der Waals surface area contributed by atoms with Gasteiger partial charge in [0.1, 0.15) is 13.2 Å². The van der Waals surface area contributed by atoms with Gasteiger partial charge in [0.2, 0.25) is 5.91 Å². The summed E-state index contributed by atoms with van der Waals surface area (Å²) in [4.78, 5) is 24.8. The first-order valence-electron chi connectivity index (χ1n) is 14.9. The van der Waals surface area contributed by atoms with Crippen LogP contribution in [0.4, 0.5) is 0 Å². The summed E-state index contributed by atoms with van der Waals surface area (Å²) in [6.07, 6.45) is 23.6. The van der Waals surface area contributed by atoms with Gasteiger partial charge in [0, 0.05) is 6.42 Å². The molecule has 8 nitrogen and oxygen atoms in total. The van der Waals surface area contributed by atoms with E-state index in [1.54, 1.807) is 6.08 Å². The molecule has 228 valence electrons. The first-order valence-corrected chi connectivity index (χ1v) is 16.3. The Labute approximate surface area is 238 Å². The third-order valence-corrected chi connectivity index (χ3v) is 7.00. The lowest BCUT2D eigenvalue weighted by Gasteiger charge is -2.29. The second-order valence-corrected chi connectivity index (χ2v) is 12.5. The lowest BCUT2D eigenvalue weighted by atomic mass is 10.1. The predicted octanol–water partition coefficient (Wildman–Crippen LogP) is 5.82. The van der Waals surface area contributed by atoms with E-state index in [1.807, 2.05) is 27.2 Å². The molecule has 0 aromatic carbocycles. The SMILES string of the molecule is CCC/C=C\CCCCCCCC(=O)NC(COP(=O)([O-])OCC[N+](C)(C)C)C(O)/C=C/CC/C=C/CCC. The zero-order valence-electron chi connectivity index (χ0n) is 25.3. The molecule has 0 saturated carbocycles. The molecule has 0 spiro atoms. The van der Waals surface area contributed by atoms with Gasteiger partial charge in [-0.25, -0.2) is 0 Å². The first-order chi connectivity index (χ1) is 18.5. The maximum atomic E-state index is 12.6. The van der Waals surface area contributed by atoms with Crippen molar-refractivity contribution in [3.63, 3.8) is 0 Å². The van der Waals surface area contributed by atoms with Crippen LogP contribution in [0.15, 0.2) is 36.5 Å². The van der Waals surface area contributed by atoms with E-state index < -0.39 is 26.6 Å². The highest BCUT2D eigenvalue weighted by Gasteiger charge is 2.23. The van der Waals surface area contributed by atoms with Crippen molar-refractivity contribution in [1.82, 2.24) is 5.32 Å². The molecule has 0 aliphatic carbocycles. The number of carbonyl (C=O) groups is 1. The Hall–Kier alpha value is -1.28. The number of phosphoric ester groups is 1. The zero-order chi connectivity index (χ0) is 29.4. The number of nitrogens with one attached hydrogen (secondary N) is 1. The molecule has 9 heteroatoms. The highest BCUT2D eigenvalue weighted by atomic mass is 31.2. The van der Waals surface area contributed by atoms with Gasteiger partial charge in [0.25, 0.3) is 7.82 Å². The Morgan fingerprint density at radius 1 is 0.872 bits per heavy atom. The van der Waals surface area contributed by atoms with Gasteiger partial charge in [-0.05, 0) is 44.9 Å². The van der Waals surface area contributed by atoms with Gasteiger partial charge < -0.3 is 28.8 Å². The van der Waals surface area contributed by atoms with Gasteiger partial charge in [-0.15, -0.1) is 0 Å². The number of aliphatic hydroxyl groups excluding tert-OH is 1. The van der Waals surface area contributed by atoms with Crippen molar-refractivity contribution in [2.24, 2.45) is 0 Å². The molecular formula is C30H57N2O6P. The summed E-state index contributed by atoms with van der Waals surface area (Å²) < 4.78 is 22.8. The molecule has 3 atom stereocenters. The zero-order valence-corrected chi connectivity index (χ0v) is 26.2. The average molecular weight is 573 g/mol. The van der Waals surface area contributed by atoms with E-state index in [2.05, 4.69) is 43.5 Å². The molecule has 0 bridgehead atoms. The van der Waals surface area contributed by atoms with Crippen LogP contribution >= 0.6 is 7.82 Å². The van der Waals surface area contributed by atoms with Gasteiger partial charge in [0.15, 0.2) is 0 Å². The third kappa shape index (κ3) is 25.4. The Morgan fingerprint density at radius 2 is 1.44 bits per heavy atom. The van der Waals surface area contributed by atoms with Gasteiger partial charge in [0.05, 0.1) is 39.9 Å². The van der Waals surface area contributed by atoms with Crippen molar-refractivity contribution >= 4 is 13.7 Å². The van der Waals surface area contributed by atoms with Crippen molar-refractivity contribution < 1.29 is 32.9 Å². The van der Waals surface area contributed by atoms with Crippen LogP contribution < -0.4 is 10.2 Å². The second kappa shape index (κ2) is 23.4. The number of hydrogen-bond donors (Lipinski definition) is 2. The van der Waals surface area contributed by atoms with Crippen LogP contribution in [0.1, 0.15) is 97.3 Å². The van der Waals surface area contributed by atoms with Crippen molar-refractivity contribution in [2.45, 2.75) is 109 Å². The summed E-state index contributed by atoms with van der Waals surface area (Å²) in [5.41, 5.74) is 0. The van der Waals surface area contributed by atoms with E-state index in [0.29, 0.717) is 17.4 Å². The van der Waals surface area contributed by atoms with E-state index >= 15 is 0 Å². The first kappa shape index (κ1) is 37.7. The number of likely N-dealkylation sites (N-methyl/N-ethyl adjacent to an activating group) is 1. The molecular weight excluding hydrogens is 515 g/mol. The number of carbonyl (C=O) groups excluding carboxylic acids is 1. The van der Waals surface area contributed by atoms with E-state index in [-0.39, 0.29) is 12.5 Å². The van der Waals surface area contributed by atoms with Crippen molar-refractivity contribution in [2.75, 3.05) is 40.9 Å². The molecule has 2 N–H and O–H groups in total. The van der Waals surface area contributed by atoms with Crippen molar-refractivity contribution in [3.8, 4) is 0 Å². The van der Waals surface area contributed by atoms with E-state index in [4.69, 9.17) is 9.05 Å². The number of phosphoric acid groups is 1. The fraction of sp³-hybridized carbons (Fsp3) is 0.767. The Morgan fingerprint density at radius 3 is 2.08 bits per heavy atom. The van der Waals surface area contributed by atoms with Crippen LogP contribution in [-0.2, 0) is 18.4 Å². The summed E-state index contributed by atoms with van der Waals surface area (Å²) in [5.74, 6) is -0.229. The fourth-order valence-corrected chi connectivity index (χ4v) is 4.31. The van der Waals surface area contributed by atoms with Crippen LogP contribution in [0.2, 0.25) is 0 Å². The van der Waals surface area contributed by atoms with Crippen LogP contribution in [0.3, 0.4) is 0 Å². The van der Waals surface area contributed by atoms with Crippen LogP contribution in [0.5, 0.6) is 0 Å². The lowest BCUT2D eigenvalue weighted by Crippen LogP contribution is -2.45. The third-order valence-electron chi connectivity index (χ3n) is 6.03. The van der Waals surface area contributed by atoms with Gasteiger partial charge >= 0.3 is 0 Å². The number of unbranched alkanes of at least 4 members (excludes halogenated alkanes) is 8. The van der Waals surface area contributed by atoms with Crippen LogP contribution in [0, 0.1) is 0 Å². The molecule has 1 amide bonds. The number of quaternary nitrogens is 1. The highest BCUT2D eigenvalue weighted by Crippen LogP contribution is 2.38. The van der Waals surface area contributed by atoms with Gasteiger partial charge in [-0.3, -0.25) is 9.36 Å². The quantitative estimate of drug-likeness (QED) is 0.0618. The van der Waals surface area contributed by atoms with Crippen molar-refractivity contribution in [3.05, 3.63) is 36.5 Å². The topological polar surface area (TPSA) is 108 Å². The normalized spacial score (nSPS) is 15.8. The standard InChI is InChI=1S/C30H57N2O6P/c1-6-8-10-12-14-15-16-18-20-22-24-30(34)31-28(29(33)23-21-19-17-13-11-9-7-2)27-38-39(35,36)37-26-25-32(3,4)5/h10-13,21,23,28-29,33H,6-9,14-20,22,24-27H2,1-5H3,(H-,31,34,35,36)/b12-10-,13-11+,23-21+. The Bertz CT molecular complexity index is 748. The van der Waals surface area contributed by atoms with Gasteiger partial charge in [-0.1, -0.05) is 82.4 Å². The average Bonchev–Trinajstić information content (AvgIpc) is 2.86. The van der Waals surface area contributed by atoms with Crippen LogP contribution in [0.25, 0.3) is 0 Å². The van der Waals surface area contributed by atoms with Crippen molar-refractivity contribution in [1.29, 1.82) is 0 Å². The number of amides is 1. The number of hydrogen-bond acceptors (Lipinski definition) is 6. The maximum absolute atomic E-state index is 12.6. The molecule has 0 rings (SSSR count). The number of allylic oxidation sites excluding steroid dienone is 5. The molecule has 0 saturated heterocycles. The number of rotatable bonds is 25. The largest absolute Gasteiger partial charge is 0.756 e. The smallest absolute Gasteiger partial charge is 0.268 e. The molecule has 39 heavy (non-hydrogen) atoms. The fourth-order valence-electron chi connectivity index (χ4n) is 3.58. The second-order valence-electron chi connectivity index (χ2n) is 11.1. The summed E-state index contributed by atoms with van der Waals surface area (Å²) in [7, 11) is 1.22. The maximum Gasteiger partial charge on any atom is 0.268 e. The van der Waals surface area contributed by atoms with E-state index in [9.17, 15) is 19.4 Å². The summed E-state index contributed by atoms with van der Waals surface area (Å²) in [6.45, 7) is 4.38. The molecule has 0 aliphatic heterocycles. The Kier molecular flexibility index (Phi) is 22.7. The number of nitrogens with zero attached hydrogens (tertiary/aromatic N) is 1. The molecule has 0 aromatic heterocycles. The highest BCUT2D eigenvalue weighted by molar-refractivity contribution is 7.45. The van der Waals surface area contributed by atoms with E-state index in [0.717, 1.165) is 70.6 Å². The monoisotopic (exact) mass is 572 g/mol. The minimum absolute atomic E-state index is 0.00959. The molecule has 0 aromatic rings. The molecule has 0 fully saturated rings. The summed E-state index contributed by atoms with van der Waals surface area (Å²) >= 11 is 0. The molecule has 0 heterocycles. The van der Waals surface area contributed by atoms with Crippen LogP contribution in [-0.4, -0.2) is 68.5 Å². The number of aliphatic hydroxyl groups is 1. The molecule has 0 radical (unpaired) electrons. The Balaban J connectivity index is 4.72. The lowest BCUT2D eigenvalue weighted by molar-refractivity contribution is -0.870. The molecule has 3 unspecified atom stereocenters. The summed E-state index contributed by atoms with van der Waals surface area (Å²) in [5, 5.41) is 13.4. The summed E-state index contributed by atoms with van der Waals surface area (Å²) in [6, 6.07) is -0.899. The molecule has 0 aliphatic rings. The minimum Gasteiger partial charge on any atom is -0.756 e. The van der Waals surface area contributed by atoms with Gasteiger partial charge in [-0.2, -0.15) is 0 Å².